The molecule has 1 amide bonds. The molecule has 3 aromatic carbocycles. The Morgan fingerprint density at radius 3 is 2.50 bits per heavy atom. The zero-order valence-corrected chi connectivity index (χ0v) is 14.9. The van der Waals surface area contributed by atoms with Crippen molar-refractivity contribution in [2.75, 3.05) is 6.54 Å². The van der Waals surface area contributed by atoms with Crippen LogP contribution in [0.3, 0.4) is 0 Å². The lowest BCUT2D eigenvalue weighted by atomic mass is 10.00. The second-order valence-electron chi connectivity index (χ2n) is 6.20. The molecule has 0 bridgehead atoms. The minimum Gasteiger partial charge on any atom is -0.445 e. The molecule has 3 rings (SSSR count). The van der Waals surface area contributed by atoms with Gasteiger partial charge >= 0.3 is 6.09 Å². The summed E-state index contributed by atoms with van der Waals surface area (Å²) >= 11 is 0. The van der Waals surface area contributed by atoms with Gasteiger partial charge < -0.3 is 10.1 Å². The van der Waals surface area contributed by atoms with Crippen molar-refractivity contribution in [2.45, 2.75) is 20.0 Å². The molecule has 3 heteroatoms. The average Bonchev–Trinajstić information content (AvgIpc) is 2.69. The molecular weight excluding hydrogens is 322 g/mol. The Kier molecular flexibility index (Phi) is 6.05. The third kappa shape index (κ3) is 4.73. The fourth-order valence-corrected chi connectivity index (χ4v) is 2.86. The van der Waals surface area contributed by atoms with Gasteiger partial charge in [0.05, 0.1) is 0 Å². The van der Waals surface area contributed by atoms with Gasteiger partial charge in [0.15, 0.2) is 0 Å². The van der Waals surface area contributed by atoms with Crippen molar-refractivity contribution >= 4 is 22.9 Å². The van der Waals surface area contributed by atoms with Crippen LogP contribution in [0.2, 0.25) is 0 Å². The largest absolute Gasteiger partial charge is 0.445 e. The molecule has 0 aliphatic rings. The van der Waals surface area contributed by atoms with Gasteiger partial charge in [-0.2, -0.15) is 0 Å². The van der Waals surface area contributed by atoms with Gasteiger partial charge in [0, 0.05) is 6.54 Å². The first-order chi connectivity index (χ1) is 12.7. The summed E-state index contributed by atoms with van der Waals surface area (Å²) in [6.45, 7) is 2.96. The summed E-state index contributed by atoms with van der Waals surface area (Å²) < 4.78 is 5.19. The third-order valence-corrected chi connectivity index (χ3v) is 4.27. The molecular formula is C23H23NO2. The lowest BCUT2D eigenvalue weighted by Crippen LogP contribution is -2.24. The first kappa shape index (κ1) is 17.7. The Morgan fingerprint density at radius 2 is 1.69 bits per heavy atom. The molecule has 0 fully saturated rings. The fourth-order valence-electron chi connectivity index (χ4n) is 2.86. The summed E-state index contributed by atoms with van der Waals surface area (Å²) in [7, 11) is 0. The van der Waals surface area contributed by atoms with E-state index in [1.54, 1.807) is 0 Å². The van der Waals surface area contributed by atoms with Gasteiger partial charge in [-0.1, -0.05) is 78.9 Å². The molecule has 0 unspecified atom stereocenters. The minimum absolute atomic E-state index is 0.290. The Morgan fingerprint density at radius 1 is 0.962 bits per heavy atom. The van der Waals surface area contributed by atoms with E-state index >= 15 is 0 Å². The molecule has 1 N–H and O–H groups in total. The molecule has 0 aliphatic heterocycles. The molecule has 0 saturated carbocycles. The molecule has 0 aliphatic carbocycles. The van der Waals surface area contributed by atoms with E-state index in [2.05, 4.69) is 60.8 Å². The monoisotopic (exact) mass is 345 g/mol. The van der Waals surface area contributed by atoms with Gasteiger partial charge in [-0.05, 0) is 40.8 Å². The van der Waals surface area contributed by atoms with Gasteiger partial charge in [-0.15, -0.1) is 0 Å². The van der Waals surface area contributed by atoms with E-state index in [1.807, 2.05) is 30.3 Å². The van der Waals surface area contributed by atoms with Crippen LogP contribution in [0.5, 0.6) is 0 Å². The van der Waals surface area contributed by atoms with E-state index in [-0.39, 0.29) is 12.7 Å². The SMILES string of the molecule is Cc1ccc(C=CCCNC(=O)OCc2ccccc2)c2ccccc12. The molecule has 0 heterocycles. The predicted octanol–water partition coefficient (Wildman–Crippen LogP) is 5.48. The average molecular weight is 345 g/mol. The van der Waals surface area contributed by atoms with Gasteiger partial charge in [-0.3, -0.25) is 0 Å². The number of nitrogens with one attached hydrogen (secondary N) is 1. The van der Waals surface area contributed by atoms with E-state index in [9.17, 15) is 4.79 Å². The van der Waals surface area contributed by atoms with Crippen molar-refractivity contribution in [2.24, 2.45) is 0 Å². The molecule has 3 nitrogen and oxygen atoms in total. The Bertz CT molecular complexity index is 900. The second-order valence-corrected chi connectivity index (χ2v) is 6.20. The summed E-state index contributed by atoms with van der Waals surface area (Å²) in [6.07, 6.45) is 4.55. The van der Waals surface area contributed by atoms with Crippen LogP contribution in [-0.4, -0.2) is 12.6 Å². The topological polar surface area (TPSA) is 38.3 Å². The summed E-state index contributed by atoms with van der Waals surface area (Å²) in [4.78, 5) is 11.7. The van der Waals surface area contributed by atoms with Gasteiger partial charge in [0.1, 0.15) is 6.61 Å². The maximum atomic E-state index is 11.7. The normalized spacial score (nSPS) is 11.0. The number of ether oxygens (including phenoxy) is 1. The number of alkyl carbamates (subject to hydrolysis) is 1. The molecule has 0 radical (unpaired) electrons. The summed E-state index contributed by atoms with van der Waals surface area (Å²) in [5, 5.41) is 5.30. The Balaban J connectivity index is 1.46. The van der Waals surface area contributed by atoms with Crippen LogP contribution in [0.4, 0.5) is 4.79 Å². The van der Waals surface area contributed by atoms with Crippen molar-refractivity contribution in [3.63, 3.8) is 0 Å². The van der Waals surface area contributed by atoms with Gasteiger partial charge in [-0.25, -0.2) is 4.79 Å². The van der Waals surface area contributed by atoms with E-state index < -0.39 is 0 Å². The highest BCUT2D eigenvalue weighted by Crippen LogP contribution is 2.23. The number of carbonyl (C=O) groups is 1. The number of hydrogen-bond acceptors (Lipinski definition) is 2. The summed E-state index contributed by atoms with van der Waals surface area (Å²) in [6, 6.07) is 22.3. The molecule has 26 heavy (non-hydrogen) atoms. The lowest BCUT2D eigenvalue weighted by molar-refractivity contribution is 0.140. The minimum atomic E-state index is -0.386. The van der Waals surface area contributed by atoms with Crippen LogP contribution in [0.25, 0.3) is 16.8 Å². The van der Waals surface area contributed by atoms with E-state index in [0.717, 1.165) is 12.0 Å². The van der Waals surface area contributed by atoms with Crippen molar-refractivity contribution in [3.05, 3.63) is 89.5 Å². The number of amides is 1. The van der Waals surface area contributed by atoms with E-state index in [1.165, 1.54) is 21.9 Å². The van der Waals surface area contributed by atoms with Gasteiger partial charge in [0.25, 0.3) is 0 Å². The molecule has 132 valence electrons. The van der Waals surface area contributed by atoms with Gasteiger partial charge in [0.2, 0.25) is 0 Å². The lowest BCUT2D eigenvalue weighted by Gasteiger charge is -2.06. The second kappa shape index (κ2) is 8.86. The molecule has 0 saturated heterocycles. The van der Waals surface area contributed by atoms with E-state index in [4.69, 9.17) is 4.74 Å². The number of fused-ring (bicyclic) bond motifs is 1. The van der Waals surface area contributed by atoms with Crippen LogP contribution >= 0.6 is 0 Å². The Hall–Kier alpha value is -3.07. The number of hydrogen-bond donors (Lipinski definition) is 1. The zero-order chi connectivity index (χ0) is 18.2. The van der Waals surface area contributed by atoms with Crippen molar-refractivity contribution in [3.8, 4) is 0 Å². The Labute approximate surface area is 154 Å². The number of rotatable bonds is 6. The highest BCUT2D eigenvalue weighted by molar-refractivity contribution is 5.92. The summed E-state index contributed by atoms with van der Waals surface area (Å²) in [5.41, 5.74) is 3.45. The first-order valence-corrected chi connectivity index (χ1v) is 8.83. The smallest absolute Gasteiger partial charge is 0.407 e. The van der Waals surface area contributed by atoms with Crippen LogP contribution in [-0.2, 0) is 11.3 Å². The standard InChI is InChI=1S/C23H23NO2/c1-18-14-15-20(22-13-6-5-12-21(18)22)11-7-8-16-24-23(25)26-17-19-9-3-2-4-10-19/h2-7,9-15H,8,16-17H2,1H3,(H,24,25). The number of aryl methyl sites for hydroxylation is 1. The molecule has 0 atom stereocenters. The van der Waals surface area contributed by atoms with Crippen molar-refractivity contribution in [1.29, 1.82) is 0 Å². The predicted molar refractivity (Wildman–Crippen MR) is 107 cm³/mol. The third-order valence-electron chi connectivity index (χ3n) is 4.27. The molecule has 0 aromatic heterocycles. The van der Waals surface area contributed by atoms with Crippen LogP contribution in [0.1, 0.15) is 23.1 Å². The maximum absolute atomic E-state index is 11.7. The quantitative estimate of drug-likeness (QED) is 0.601. The van der Waals surface area contributed by atoms with Crippen LogP contribution in [0.15, 0.2) is 72.8 Å². The van der Waals surface area contributed by atoms with Crippen LogP contribution < -0.4 is 5.32 Å². The summed E-state index contributed by atoms with van der Waals surface area (Å²) in [5.74, 6) is 0. The van der Waals surface area contributed by atoms with Crippen LogP contribution in [0, 0.1) is 6.92 Å². The molecule has 3 aromatic rings. The van der Waals surface area contributed by atoms with E-state index in [0.29, 0.717) is 6.54 Å². The highest BCUT2D eigenvalue weighted by Gasteiger charge is 2.02. The van der Waals surface area contributed by atoms with Crippen molar-refractivity contribution in [1.82, 2.24) is 5.32 Å². The highest BCUT2D eigenvalue weighted by atomic mass is 16.5. The first-order valence-electron chi connectivity index (χ1n) is 8.83. The van der Waals surface area contributed by atoms with Crippen molar-refractivity contribution < 1.29 is 9.53 Å². The number of carbonyl (C=O) groups excluding carboxylic acids is 1. The maximum Gasteiger partial charge on any atom is 0.407 e. The molecule has 0 spiro atoms. The fraction of sp³-hybridized carbons (Fsp3) is 0.174. The number of benzene rings is 3. The zero-order valence-electron chi connectivity index (χ0n) is 14.9.